The number of rotatable bonds is 6. The number of carbonyl (C=O) groups is 1. The third-order valence-corrected chi connectivity index (χ3v) is 3.15. The summed E-state index contributed by atoms with van der Waals surface area (Å²) in [6, 6.07) is 7.52. The standard InChI is InChI=1S/C14H20BrNO2/c1-10(2)7-13(9-17)16-14(18)8-11-3-5-12(15)6-4-11/h3-6,10,13,17H,7-9H2,1-2H3,(H,16,18). The van der Waals surface area contributed by atoms with Gasteiger partial charge in [0, 0.05) is 4.47 Å². The summed E-state index contributed by atoms with van der Waals surface area (Å²) in [5.41, 5.74) is 0.969. The van der Waals surface area contributed by atoms with E-state index in [4.69, 9.17) is 0 Å². The van der Waals surface area contributed by atoms with Crippen molar-refractivity contribution in [3.63, 3.8) is 0 Å². The van der Waals surface area contributed by atoms with Crippen LogP contribution in [0.4, 0.5) is 0 Å². The zero-order chi connectivity index (χ0) is 13.5. The molecule has 4 heteroatoms. The first-order valence-corrected chi connectivity index (χ1v) is 6.95. The van der Waals surface area contributed by atoms with Gasteiger partial charge in [-0.15, -0.1) is 0 Å². The Labute approximate surface area is 117 Å². The summed E-state index contributed by atoms with van der Waals surface area (Å²) in [6.07, 6.45) is 1.14. The second-order valence-electron chi connectivity index (χ2n) is 4.88. The average Bonchev–Trinajstić information content (AvgIpc) is 2.30. The SMILES string of the molecule is CC(C)CC(CO)NC(=O)Cc1ccc(Br)cc1. The predicted octanol–water partition coefficient (Wildman–Crippen LogP) is 2.51. The lowest BCUT2D eigenvalue weighted by molar-refractivity contribution is -0.121. The molecule has 18 heavy (non-hydrogen) atoms. The second kappa shape index (κ2) is 7.54. The summed E-state index contributed by atoms with van der Waals surface area (Å²) in [5.74, 6) is 0.409. The molecule has 2 N–H and O–H groups in total. The minimum absolute atomic E-state index is 0.00966. The van der Waals surface area contributed by atoms with Crippen molar-refractivity contribution in [1.82, 2.24) is 5.32 Å². The van der Waals surface area contributed by atoms with Crippen LogP contribution in [0.3, 0.4) is 0 Å². The lowest BCUT2D eigenvalue weighted by atomic mass is 10.0. The van der Waals surface area contributed by atoms with Crippen molar-refractivity contribution < 1.29 is 9.90 Å². The molecule has 1 aromatic rings. The van der Waals surface area contributed by atoms with Gasteiger partial charge in [-0.05, 0) is 30.0 Å². The average molecular weight is 314 g/mol. The highest BCUT2D eigenvalue weighted by molar-refractivity contribution is 9.10. The minimum atomic E-state index is -0.145. The van der Waals surface area contributed by atoms with Crippen LogP contribution in [-0.2, 0) is 11.2 Å². The van der Waals surface area contributed by atoms with Crippen molar-refractivity contribution in [2.24, 2.45) is 5.92 Å². The maximum atomic E-state index is 11.8. The Bertz CT molecular complexity index is 376. The lowest BCUT2D eigenvalue weighted by Gasteiger charge is -2.18. The summed E-state index contributed by atoms with van der Waals surface area (Å²) in [7, 11) is 0. The van der Waals surface area contributed by atoms with Gasteiger partial charge in [0.25, 0.3) is 0 Å². The highest BCUT2D eigenvalue weighted by atomic mass is 79.9. The van der Waals surface area contributed by atoms with Crippen molar-refractivity contribution in [3.05, 3.63) is 34.3 Å². The Morgan fingerprint density at radius 1 is 1.33 bits per heavy atom. The summed E-state index contributed by atoms with van der Waals surface area (Å²) in [6.45, 7) is 4.14. The van der Waals surface area contributed by atoms with Crippen molar-refractivity contribution >= 4 is 21.8 Å². The van der Waals surface area contributed by atoms with E-state index in [9.17, 15) is 9.90 Å². The van der Waals surface area contributed by atoms with Gasteiger partial charge in [0.2, 0.25) is 5.91 Å². The van der Waals surface area contributed by atoms with Crippen molar-refractivity contribution in [2.45, 2.75) is 32.7 Å². The van der Waals surface area contributed by atoms with Gasteiger partial charge in [-0.3, -0.25) is 4.79 Å². The highest BCUT2D eigenvalue weighted by Crippen LogP contribution is 2.11. The van der Waals surface area contributed by atoms with Gasteiger partial charge in [-0.2, -0.15) is 0 Å². The first-order chi connectivity index (χ1) is 8.51. The van der Waals surface area contributed by atoms with Crippen LogP contribution in [0.5, 0.6) is 0 Å². The topological polar surface area (TPSA) is 49.3 Å². The number of carbonyl (C=O) groups excluding carboxylic acids is 1. The van der Waals surface area contributed by atoms with Gasteiger partial charge in [-0.25, -0.2) is 0 Å². The van der Waals surface area contributed by atoms with E-state index in [1.54, 1.807) is 0 Å². The van der Waals surface area contributed by atoms with E-state index in [2.05, 4.69) is 35.1 Å². The largest absolute Gasteiger partial charge is 0.394 e. The number of benzene rings is 1. The zero-order valence-electron chi connectivity index (χ0n) is 10.8. The number of hydrogen-bond donors (Lipinski definition) is 2. The van der Waals surface area contributed by atoms with Crippen LogP contribution in [0.1, 0.15) is 25.8 Å². The molecule has 0 radical (unpaired) electrons. The Morgan fingerprint density at radius 2 is 1.94 bits per heavy atom. The number of hydrogen-bond acceptors (Lipinski definition) is 2. The summed E-state index contributed by atoms with van der Waals surface area (Å²) in [4.78, 5) is 11.8. The third-order valence-electron chi connectivity index (χ3n) is 2.62. The summed E-state index contributed by atoms with van der Waals surface area (Å²) in [5, 5.41) is 12.1. The molecule has 0 aliphatic carbocycles. The smallest absolute Gasteiger partial charge is 0.224 e. The molecule has 0 heterocycles. The van der Waals surface area contributed by atoms with E-state index in [0.717, 1.165) is 16.5 Å². The second-order valence-corrected chi connectivity index (χ2v) is 5.80. The van der Waals surface area contributed by atoms with Crippen LogP contribution in [0.2, 0.25) is 0 Å². The molecule has 0 spiro atoms. The molecular weight excluding hydrogens is 294 g/mol. The fraction of sp³-hybridized carbons (Fsp3) is 0.500. The maximum Gasteiger partial charge on any atom is 0.224 e. The molecule has 0 aromatic heterocycles. The number of aliphatic hydroxyl groups excluding tert-OH is 1. The molecule has 0 aliphatic rings. The van der Waals surface area contributed by atoms with Crippen LogP contribution in [0.25, 0.3) is 0 Å². The molecule has 0 bridgehead atoms. The van der Waals surface area contributed by atoms with Crippen molar-refractivity contribution in [2.75, 3.05) is 6.61 Å². The first-order valence-electron chi connectivity index (χ1n) is 6.16. The van der Waals surface area contributed by atoms with E-state index in [1.807, 2.05) is 24.3 Å². The monoisotopic (exact) mass is 313 g/mol. The molecule has 0 aliphatic heterocycles. The molecule has 0 fully saturated rings. The van der Waals surface area contributed by atoms with Gasteiger partial charge < -0.3 is 10.4 Å². The van der Waals surface area contributed by atoms with Crippen LogP contribution in [0, 0.1) is 5.92 Å². The van der Waals surface area contributed by atoms with Gasteiger partial charge in [0.15, 0.2) is 0 Å². The molecule has 100 valence electrons. The van der Waals surface area contributed by atoms with E-state index in [1.165, 1.54) is 0 Å². The van der Waals surface area contributed by atoms with Crippen LogP contribution < -0.4 is 5.32 Å². The van der Waals surface area contributed by atoms with Gasteiger partial charge in [0.1, 0.15) is 0 Å². The number of amides is 1. The first kappa shape index (κ1) is 15.2. The Hall–Kier alpha value is -0.870. The van der Waals surface area contributed by atoms with Gasteiger partial charge in [-0.1, -0.05) is 41.9 Å². The summed E-state index contributed by atoms with van der Waals surface area (Å²) >= 11 is 3.36. The molecule has 0 saturated carbocycles. The molecule has 1 amide bonds. The minimum Gasteiger partial charge on any atom is -0.394 e. The zero-order valence-corrected chi connectivity index (χ0v) is 12.4. The normalized spacial score (nSPS) is 12.5. The Morgan fingerprint density at radius 3 is 2.44 bits per heavy atom. The fourth-order valence-electron chi connectivity index (χ4n) is 1.81. The predicted molar refractivity (Wildman–Crippen MR) is 76.3 cm³/mol. The molecule has 3 nitrogen and oxygen atoms in total. The van der Waals surface area contributed by atoms with E-state index < -0.39 is 0 Å². The number of aliphatic hydroxyl groups is 1. The maximum absolute atomic E-state index is 11.8. The molecule has 1 atom stereocenters. The lowest BCUT2D eigenvalue weighted by Crippen LogP contribution is -2.39. The van der Waals surface area contributed by atoms with Gasteiger partial charge in [0.05, 0.1) is 19.1 Å². The van der Waals surface area contributed by atoms with Crippen molar-refractivity contribution in [1.29, 1.82) is 0 Å². The molecule has 1 aromatic carbocycles. The van der Waals surface area contributed by atoms with E-state index >= 15 is 0 Å². The Kier molecular flexibility index (Phi) is 6.36. The quantitative estimate of drug-likeness (QED) is 0.848. The Balaban J connectivity index is 2.47. The third kappa shape index (κ3) is 5.65. The van der Waals surface area contributed by atoms with Crippen molar-refractivity contribution in [3.8, 4) is 0 Å². The number of halogens is 1. The highest BCUT2D eigenvalue weighted by Gasteiger charge is 2.13. The van der Waals surface area contributed by atoms with Crippen LogP contribution in [0.15, 0.2) is 28.7 Å². The number of nitrogens with one attached hydrogen (secondary N) is 1. The molecular formula is C14H20BrNO2. The molecule has 1 unspecified atom stereocenters. The van der Waals surface area contributed by atoms with Gasteiger partial charge >= 0.3 is 0 Å². The van der Waals surface area contributed by atoms with E-state index in [-0.39, 0.29) is 18.6 Å². The fourth-order valence-corrected chi connectivity index (χ4v) is 2.08. The summed E-state index contributed by atoms with van der Waals surface area (Å²) < 4.78 is 1.000. The van der Waals surface area contributed by atoms with Crippen LogP contribution >= 0.6 is 15.9 Å². The van der Waals surface area contributed by atoms with E-state index in [0.29, 0.717) is 12.3 Å². The molecule has 0 saturated heterocycles. The van der Waals surface area contributed by atoms with Crippen LogP contribution in [-0.4, -0.2) is 23.7 Å². The molecule has 1 rings (SSSR count).